The van der Waals surface area contributed by atoms with Crippen molar-refractivity contribution in [2.24, 2.45) is 0 Å². The second-order valence-electron chi connectivity index (χ2n) is 8.34. The van der Waals surface area contributed by atoms with Crippen LogP contribution < -0.4 is 10.5 Å². The number of hydrogen-bond acceptors (Lipinski definition) is 7. The van der Waals surface area contributed by atoms with E-state index in [1.54, 1.807) is 16.7 Å². The summed E-state index contributed by atoms with van der Waals surface area (Å²) in [6, 6.07) is 8.62. The number of H-pyrrole nitrogens is 1. The van der Waals surface area contributed by atoms with Crippen LogP contribution in [0.5, 0.6) is 5.75 Å². The zero-order chi connectivity index (χ0) is 22.1. The van der Waals surface area contributed by atoms with Gasteiger partial charge in [0.15, 0.2) is 5.58 Å². The molecule has 10 heteroatoms. The molecule has 9 nitrogen and oxygen atoms in total. The van der Waals surface area contributed by atoms with Crippen LogP contribution in [0.15, 0.2) is 56.8 Å². The Hall–Kier alpha value is -2.69. The van der Waals surface area contributed by atoms with E-state index in [1.807, 2.05) is 12.1 Å². The van der Waals surface area contributed by atoms with Crippen LogP contribution in [0.25, 0.3) is 11.1 Å². The van der Waals surface area contributed by atoms with Crippen LogP contribution in [-0.2, 0) is 10.0 Å². The van der Waals surface area contributed by atoms with E-state index < -0.39 is 15.8 Å². The number of sulfonamides is 1. The predicted molar refractivity (Wildman–Crippen MR) is 118 cm³/mol. The molecule has 32 heavy (non-hydrogen) atoms. The minimum atomic E-state index is -3.62. The van der Waals surface area contributed by atoms with Crippen LogP contribution in [0.1, 0.15) is 25.7 Å². The van der Waals surface area contributed by atoms with Crippen molar-refractivity contribution in [3.05, 3.63) is 53.3 Å². The Morgan fingerprint density at radius 2 is 1.72 bits per heavy atom. The Bertz CT molecular complexity index is 1220. The van der Waals surface area contributed by atoms with Crippen molar-refractivity contribution < 1.29 is 17.6 Å². The molecule has 1 N–H and O–H groups in total. The van der Waals surface area contributed by atoms with Gasteiger partial charge in [0.25, 0.3) is 0 Å². The maximum absolute atomic E-state index is 13.1. The number of rotatable bonds is 5. The summed E-state index contributed by atoms with van der Waals surface area (Å²) in [6.07, 6.45) is 7.21. The van der Waals surface area contributed by atoms with Gasteiger partial charge in [0, 0.05) is 44.6 Å². The number of piperidine rings is 2. The molecule has 0 amide bonds. The van der Waals surface area contributed by atoms with E-state index >= 15 is 0 Å². The zero-order valence-electron chi connectivity index (χ0n) is 17.6. The van der Waals surface area contributed by atoms with Crippen molar-refractivity contribution >= 4 is 21.1 Å². The van der Waals surface area contributed by atoms with Crippen LogP contribution in [0.2, 0.25) is 0 Å². The van der Waals surface area contributed by atoms with Gasteiger partial charge in [-0.1, -0.05) is 0 Å². The Kier molecular flexibility index (Phi) is 5.75. The minimum Gasteiger partial charge on any atom is -0.490 e. The number of pyridine rings is 1. The second kappa shape index (κ2) is 8.68. The van der Waals surface area contributed by atoms with Gasteiger partial charge < -0.3 is 14.1 Å². The van der Waals surface area contributed by atoms with E-state index in [4.69, 9.17) is 9.15 Å². The molecule has 2 saturated heterocycles. The Labute approximate surface area is 186 Å². The van der Waals surface area contributed by atoms with Gasteiger partial charge in [-0.25, -0.2) is 13.2 Å². The number of aromatic nitrogens is 2. The molecule has 0 radical (unpaired) electrons. The summed E-state index contributed by atoms with van der Waals surface area (Å²) in [5.74, 6) is 0.264. The molecule has 4 heterocycles. The normalized spacial score (nSPS) is 20.0. The Morgan fingerprint density at radius 1 is 1.00 bits per heavy atom. The predicted octanol–water partition coefficient (Wildman–Crippen LogP) is 2.21. The van der Waals surface area contributed by atoms with Gasteiger partial charge in [0.2, 0.25) is 10.0 Å². The van der Waals surface area contributed by atoms with Crippen LogP contribution in [0.3, 0.4) is 0 Å². The zero-order valence-corrected chi connectivity index (χ0v) is 18.5. The molecular weight excluding hydrogens is 432 g/mol. The number of benzene rings is 1. The van der Waals surface area contributed by atoms with Crippen LogP contribution in [0, 0.1) is 0 Å². The fourth-order valence-electron chi connectivity index (χ4n) is 4.66. The molecule has 0 bridgehead atoms. The summed E-state index contributed by atoms with van der Waals surface area (Å²) >= 11 is 0. The smallest absolute Gasteiger partial charge is 0.417 e. The van der Waals surface area contributed by atoms with Gasteiger partial charge in [-0.3, -0.25) is 9.97 Å². The highest BCUT2D eigenvalue weighted by Crippen LogP contribution is 2.27. The topological polar surface area (TPSA) is 109 Å². The fraction of sp³-hybridized carbons (Fsp3) is 0.455. The molecule has 2 fully saturated rings. The maximum atomic E-state index is 13.1. The summed E-state index contributed by atoms with van der Waals surface area (Å²) in [5.41, 5.74) is 0.742. The molecule has 0 aliphatic carbocycles. The summed E-state index contributed by atoms with van der Waals surface area (Å²) in [6.45, 7) is 2.89. The molecule has 0 atom stereocenters. The number of nitrogens with zero attached hydrogens (tertiary/aromatic N) is 3. The summed E-state index contributed by atoms with van der Waals surface area (Å²) in [4.78, 5) is 20.5. The lowest BCUT2D eigenvalue weighted by Gasteiger charge is -2.41. The van der Waals surface area contributed by atoms with Crippen molar-refractivity contribution in [2.75, 3.05) is 26.2 Å². The summed E-state index contributed by atoms with van der Waals surface area (Å²) in [5, 5.41) is 0. The van der Waals surface area contributed by atoms with Crippen LogP contribution in [-0.4, -0.2) is 65.9 Å². The van der Waals surface area contributed by atoms with E-state index in [2.05, 4.69) is 14.9 Å². The number of fused-ring (bicyclic) bond motifs is 1. The van der Waals surface area contributed by atoms with Gasteiger partial charge in [-0.15, -0.1) is 0 Å². The van der Waals surface area contributed by atoms with Gasteiger partial charge in [0.1, 0.15) is 11.9 Å². The van der Waals surface area contributed by atoms with Crippen LogP contribution >= 0.6 is 0 Å². The SMILES string of the molecule is O=c1[nH]c2cc(S(=O)(=O)N3CCC(N4CCC(Oc5ccncc5)CC4)CC3)ccc2o1. The third kappa shape index (κ3) is 4.30. The third-order valence-electron chi connectivity index (χ3n) is 6.40. The first-order valence-corrected chi connectivity index (χ1v) is 12.4. The number of likely N-dealkylation sites (tertiary alicyclic amines) is 1. The highest BCUT2D eigenvalue weighted by Gasteiger charge is 2.33. The molecule has 2 aliphatic heterocycles. The first kappa shape index (κ1) is 21.2. The van der Waals surface area contributed by atoms with Crippen molar-refractivity contribution in [2.45, 2.75) is 42.7 Å². The van der Waals surface area contributed by atoms with Crippen molar-refractivity contribution in [3.63, 3.8) is 0 Å². The van der Waals surface area contributed by atoms with Crippen molar-refractivity contribution in [1.82, 2.24) is 19.2 Å². The largest absolute Gasteiger partial charge is 0.490 e. The van der Waals surface area contributed by atoms with Crippen LogP contribution in [0.4, 0.5) is 0 Å². The average molecular weight is 459 g/mol. The Morgan fingerprint density at radius 3 is 2.44 bits per heavy atom. The molecule has 2 aliphatic rings. The van der Waals surface area contributed by atoms with Gasteiger partial charge in [0.05, 0.1) is 10.4 Å². The highest BCUT2D eigenvalue weighted by atomic mass is 32.2. The lowest BCUT2D eigenvalue weighted by atomic mass is 10.00. The van der Waals surface area contributed by atoms with Crippen molar-refractivity contribution in [3.8, 4) is 5.75 Å². The second-order valence-corrected chi connectivity index (χ2v) is 10.3. The number of ether oxygens (including phenoxy) is 1. The van der Waals surface area contributed by atoms with Gasteiger partial charge >= 0.3 is 5.76 Å². The standard InChI is InChI=1S/C22H26N4O5S/c27-22-24-20-15-19(1-2-21(20)31-22)32(28,29)26-13-5-16(6-14-26)25-11-7-18(8-12-25)30-17-3-9-23-10-4-17/h1-4,9-10,15-16,18H,5-8,11-14H2,(H,24,27). The number of nitrogens with one attached hydrogen (secondary N) is 1. The first-order valence-electron chi connectivity index (χ1n) is 10.9. The lowest BCUT2D eigenvalue weighted by Crippen LogP contribution is -2.50. The molecule has 5 rings (SSSR count). The molecule has 170 valence electrons. The molecule has 2 aromatic heterocycles. The van der Waals surface area contributed by atoms with E-state index in [0.717, 1.165) is 44.5 Å². The average Bonchev–Trinajstić information content (AvgIpc) is 3.20. The molecule has 3 aromatic rings. The summed E-state index contributed by atoms with van der Waals surface area (Å²) < 4.78 is 38.8. The summed E-state index contributed by atoms with van der Waals surface area (Å²) in [7, 11) is -3.62. The third-order valence-corrected chi connectivity index (χ3v) is 8.29. The fourth-order valence-corrected chi connectivity index (χ4v) is 6.15. The van der Waals surface area contributed by atoms with E-state index in [-0.39, 0.29) is 11.0 Å². The number of hydrogen-bond donors (Lipinski definition) is 1. The molecule has 0 saturated carbocycles. The highest BCUT2D eigenvalue weighted by molar-refractivity contribution is 7.89. The number of oxazole rings is 1. The minimum absolute atomic E-state index is 0.176. The molecular formula is C22H26N4O5S. The van der Waals surface area contributed by atoms with E-state index in [1.165, 1.54) is 18.2 Å². The molecule has 1 aromatic carbocycles. The van der Waals surface area contributed by atoms with Gasteiger partial charge in [-0.05, 0) is 56.0 Å². The lowest BCUT2D eigenvalue weighted by molar-refractivity contribution is 0.0585. The quantitative estimate of drug-likeness (QED) is 0.624. The monoisotopic (exact) mass is 458 g/mol. The first-order chi connectivity index (χ1) is 15.5. The maximum Gasteiger partial charge on any atom is 0.417 e. The van der Waals surface area contributed by atoms with E-state index in [0.29, 0.717) is 30.2 Å². The van der Waals surface area contributed by atoms with Crippen molar-refractivity contribution in [1.29, 1.82) is 0 Å². The van der Waals surface area contributed by atoms with Gasteiger partial charge in [-0.2, -0.15) is 4.31 Å². The number of aromatic amines is 1. The Balaban J connectivity index is 1.16. The molecule has 0 spiro atoms. The molecule has 0 unspecified atom stereocenters. The van der Waals surface area contributed by atoms with E-state index in [9.17, 15) is 13.2 Å².